The lowest BCUT2D eigenvalue weighted by Gasteiger charge is -2.31. The molecule has 1 aliphatic rings. The maximum atomic E-state index is 12.5. The third-order valence-corrected chi connectivity index (χ3v) is 5.01. The van der Waals surface area contributed by atoms with E-state index in [1.807, 2.05) is 6.26 Å². The molecule has 0 saturated carbocycles. The number of nitrogens with zero attached hydrogens (tertiary/aromatic N) is 3. The van der Waals surface area contributed by atoms with Crippen LogP contribution in [-0.2, 0) is 4.84 Å². The summed E-state index contributed by atoms with van der Waals surface area (Å²) in [7, 11) is 1.40. The van der Waals surface area contributed by atoms with Crippen molar-refractivity contribution in [2.75, 3.05) is 18.4 Å². The van der Waals surface area contributed by atoms with Gasteiger partial charge in [0.2, 0.25) is 0 Å². The first kappa shape index (κ1) is 18.4. The number of hydrogen-bond acceptors (Lipinski definition) is 5. The van der Waals surface area contributed by atoms with Crippen LogP contribution in [0, 0.1) is 0 Å². The van der Waals surface area contributed by atoms with Crippen LogP contribution in [0.3, 0.4) is 0 Å². The van der Waals surface area contributed by atoms with Gasteiger partial charge in [0.15, 0.2) is 5.50 Å². The molecule has 1 heterocycles. The fourth-order valence-electron chi connectivity index (χ4n) is 1.86. The van der Waals surface area contributed by atoms with Gasteiger partial charge in [0.05, 0.1) is 12.8 Å². The van der Waals surface area contributed by atoms with Crippen molar-refractivity contribution >= 4 is 81.8 Å². The predicted octanol–water partition coefficient (Wildman–Crippen LogP) is 4.98. The average Bonchev–Trinajstić information content (AvgIpc) is 2.69. The molecule has 122 valence electrons. The molecule has 0 spiro atoms. The van der Waals surface area contributed by atoms with Gasteiger partial charge in [0.25, 0.3) is 3.12 Å². The lowest BCUT2D eigenvalue weighted by molar-refractivity contribution is -0.0804. The Kier molecular flexibility index (Phi) is 6.15. The Bertz CT molecular complexity index is 560. The molecule has 0 radical (unpaired) electrons. The Hall–Kier alpha value is 0.110. The Balaban J connectivity index is 2.45. The minimum atomic E-state index is -1.71. The fourth-order valence-corrected chi connectivity index (χ4v) is 4.10. The number of rotatable bonds is 4. The number of hydrazine groups is 1. The third-order valence-electron chi connectivity index (χ3n) is 2.63. The van der Waals surface area contributed by atoms with E-state index >= 15 is 0 Å². The number of hydrogen-bond donors (Lipinski definition) is 0. The minimum Gasteiger partial charge on any atom is -0.270 e. The standard InChI is InChI=1S/C11H11Cl4N3O2S2/c1-20-17-9(19)18(22-11(13,14)15)16(10(17)21-2)8-5-3-4-7(12)6-8/h3-6,10H,1-2H3. The first-order chi connectivity index (χ1) is 10.3. The molecule has 1 aromatic rings. The number of carbonyl (C=O) groups is 1. The highest BCUT2D eigenvalue weighted by molar-refractivity contribution is 8.03. The summed E-state index contributed by atoms with van der Waals surface area (Å²) in [4.78, 5) is 17.7. The number of amides is 2. The van der Waals surface area contributed by atoms with E-state index in [2.05, 4.69) is 0 Å². The van der Waals surface area contributed by atoms with Gasteiger partial charge in [-0.15, -0.1) is 11.8 Å². The van der Waals surface area contributed by atoms with Crippen LogP contribution in [-0.4, -0.2) is 37.5 Å². The van der Waals surface area contributed by atoms with E-state index in [-0.39, 0.29) is 0 Å². The lowest BCUT2D eigenvalue weighted by atomic mass is 10.3. The smallest absolute Gasteiger partial charge is 0.270 e. The Morgan fingerprint density at radius 1 is 1.32 bits per heavy atom. The normalized spacial score (nSPS) is 19.3. The summed E-state index contributed by atoms with van der Waals surface area (Å²) in [5, 5.41) is 3.36. The van der Waals surface area contributed by atoms with Crippen LogP contribution in [0.5, 0.6) is 0 Å². The summed E-state index contributed by atoms with van der Waals surface area (Å²) in [6, 6.07) is 6.56. The van der Waals surface area contributed by atoms with E-state index in [1.54, 1.807) is 29.3 Å². The molecule has 0 N–H and O–H groups in total. The third kappa shape index (κ3) is 3.95. The van der Waals surface area contributed by atoms with Crippen LogP contribution in [0.2, 0.25) is 5.02 Å². The van der Waals surface area contributed by atoms with Gasteiger partial charge >= 0.3 is 6.03 Å². The zero-order valence-electron chi connectivity index (χ0n) is 11.4. The fraction of sp³-hybridized carbons (Fsp3) is 0.364. The van der Waals surface area contributed by atoms with Crippen LogP contribution in [0.25, 0.3) is 0 Å². The van der Waals surface area contributed by atoms with Crippen molar-refractivity contribution in [3.63, 3.8) is 0 Å². The maximum absolute atomic E-state index is 12.5. The first-order valence-corrected chi connectivity index (χ1v) is 9.36. The predicted molar refractivity (Wildman–Crippen MR) is 95.2 cm³/mol. The number of anilines is 1. The van der Waals surface area contributed by atoms with Crippen molar-refractivity contribution in [3.8, 4) is 0 Å². The van der Waals surface area contributed by atoms with Crippen molar-refractivity contribution in [2.24, 2.45) is 0 Å². The molecule has 2 amide bonds. The molecule has 1 unspecified atom stereocenters. The molecule has 0 aliphatic carbocycles. The van der Waals surface area contributed by atoms with Crippen LogP contribution in [0.15, 0.2) is 24.3 Å². The lowest BCUT2D eigenvalue weighted by Crippen LogP contribution is -2.39. The Morgan fingerprint density at radius 2 is 2.00 bits per heavy atom. The van der Waals surface area contributed by atoms with Crippen molar-refractivity contribution in [2.45, 2.75) is 8.62 Å². The van der Waals surface area contributed by atoms with E-state index < -0.39 is 14.7 Å². The second-order valence-electron chi connectivity index (χ2n) is 3.99. The molecular weight excluding hydrogens is 412 g/mol. The van der Waals surface area contributed by atoms with Crippen LogP contribution in [0.1, 0.15) is 0 Å². The molecular formula is C11H11Cl4N3O2S2. The van der Waals surface area contributed by atoms with E-state index in [0.717, 1.165) is 11.9 Å². The zero-order valence-corrected chi connectivity index (χ0v) is 16.0. The quantitative estimate of drug-likeness (QED) is 0.504. The zero-order chi connectivity index (χ0) is 16.5. The first-order valence-electron chi connectivity index (χ1n) is 5.79. The number of thioether (sulfide) groups is 1. The molecule has 5 nitrogen and oxygen atoms in total. The Labute approximate surface area is 156 Å². The summed E-state index contributed by atoms with van der Waals surface area (Å²) in [6.45, 7) is 0. The average molecular weight is 423 g/mol. The summed E-state index contributed by atoms with van der Waals surface area (Å²) in [5.74, 6) is 0. The Morgan fingerprint density at radius 3 is 2.50 bits per heavy atom. The van der Waals surface area contributed by atoms with Gasteiger partial charge in [0.1, 0.15) is 0 Å². The van der Waals surface area contributed by atoms with E-state index in [1.165, 1.54) is 28.3 Å². The molecule has 0 bridgehead atoms. The monoisotopic (exact) mass is 421 g/mol. The SMILES string of the molecule is CON1C(=O)N(SC(Cl)(Cl)Cl)N(c2cccc(Cl)c2)C1SC. The number of carbonyl (C=O) groups excluding carboxylic acids is 1. The summed E-state index contributed by atoms with van der Waals surface area (Å²) >= 11 is 25.6. The van der Waals surface area contributed by atoms with E-state index in [0.29, 0.717) is 10.7 Å². The maximum Gasteiger partial charge on any atom is 0.376 e. The van der Waals surface area contributed by atoms with Crippen LogP contribution < -0.4 is 5.01 Å². The molecule has 1 fully saturated rings. The van der Waals surface area contributed by atoms with Gasteiger partial charge in [-0.05, 0) is 24.5 Å². The number of halogens is 4. The molecule has 0 aromatic heterocycles. The van der Waals surface area contributed by atoms with Crippen molar-refractivity contribution in [3.05, 3.63) is 29.3 Å². The molecule has 1 aliphatic heterocycles. The second kappa shape index (κ2) is 7.34. The summed E-state index contributed by atoms with van der Waals surface area (Å²) < 4.78 is -0.470. The highest BCUT2D eigenvalue weighted by Gasteiger charge is 2.48. The highest BCUT2D eigenvalue weighted by atomic mass is 35.6. The second-order valence-corrected chi connectivity index (χ2v) is 9.41. The van der Waals surface area contributed by atoms with E-state index in [9.17, 15) is 4.79 Å². The van der Waals surface area contributed by atoms with Gasteiger partial charge in [-0.25, -0.2) is 9.80 Å². The van der Waals surface area contributed by atoms with Gasteiger partial charge in [-0.3, -0.25) is 4.84 Å². The number of urea groups is 1. The topological polar surface area (TPSA) is 36.0 Å². The molecule has 1 saturated heterocycles. The molecule has 2 rings (SSSR count). The largest absolute Gasteiger partial charge is 0.376 e. The summed E-state index contributed by atoms with van der Waals surface area (Å²) in [5.41, 5.74) is 0.206. The van der Waals surface area contributed by atoms with Gasteiger partial charge in [0, 0.05) is 17.0 Å². The van der Waals surface area contributed by atoms with Crippen LogP contribution >= 0.6 is 70.1 Å². The highest BCUT2D eigenvalue weighted by Crippen LogP contribution is 2.47. The number of hydroxylamine groups is 2. The molecule has 1 atom stereocenters. The van der Waals surface area contributed by atoms with Crippen molar-refractivity contribution < 1.29 is 9.63 Å². The number of alkyl halides is 3. The van der Waals surface area contributed by atoms with E-state index in [4.69, 9.17) is 51.2 Å². The number of benzene rings is 1. The molecule has 1 aromatic carbocycles. The van der Waals surface area contributed by atoms with Gasteiger partial charge in [-0.1, -0.05) is 52.5 Å². The molecule has 11 heteroatoms. The van der Waals surface area contributed by atoms with Crippen molar-refractivity contribution in [1.82, 2.24) is 9.48 Å². The van der Waals surface area contributed by atoms with Crippen molar-refractivity contribution in [1.29, 1.82) is 0 Å². The van der Waals surface area contributed by atoms with Crippen LogP contribution in [0.4, 0.5) is 10.5 Å². The summed E-state index contributed by atoms with van der Waals surface area (Å²) in [6.07, 6.45) is 1.84. The minimum absolute atomic E-state index is 0.460. The van der Waals surface area contributed by atoms with Gasteiger partial charge < -0.3 is 0 Å². The molecule has 22 heavy (non-hydrogen) atoms. The van der Waals surface area contributed by atoms with Gasteiger partial charge in [-0.2, -0.15) is 9.48 Å².